The van der Waals surface area contributed by atoms with Crippen molar-refractivity contribution in [2.75, 3.05) is 4.90 Å². The number of benzene rings is 4. The first-order chi connectivity index (χ1) is 26.3. The van der Waals surface area contributed by atoms with Gasteiger partial charge in [0.05, 0.1) is 17.1 Å². The first kappa shape index (κ1) is 42.4. The van der Waals surface area contributed by atoms with Gasteiger partial charge in [0.2, 0.25) is 0 Å². The molecule has 3 heterocycles. The fourth-order valence-corrected chi connectivity index (χ4v) is 6.88. The van der Waals surface area contributed by atoms with Crippen LogP contribution in [0.1, 0.15) is 104 Å². The van der Waals surface area contributed by atoms with Crippen molar-refractivity contribution in [3.63, 3.8) is 0 Å². The summed E-state index contributed by atoms with van der Waals surface area (Å²) >= 11 is 0. The summed E-state index contributed by atoms with van der Waals surface area (Å²) in [5, 5.41) is 12.9. The molecule has 7 nitrogen and oxygen atoms in total. The number of aromatic nitrogens is 2. The molecule has 10 heteroatoms. The number of aliphatic hydroxyl groups excluding tert-OH is 1. The Kier molecular flexibility index (Phi) is 13.0. The molecule has 0 saturated heterocycles. The molecule has 0 aliphatic carbocycles. The molecule has 56 heavy (non-hydrogen) atoms. The van der Waals surface area contributed by atoms with Crippen LogP contribution in [0.2, 0.25) is 0 Å². The van der Waals surface area contributed by atoms with Crippen molar-refractivity contribution < 1.29 is 43.2 Å². The van der Waals surface area contributed by atoms with Crippen molar-refractivity contribution >= 4 is 62.0 Å². The molecule has 295 valence electrons. The van der Waals surface area contributed by atoms with E-state index >= 15 is 0 Å². The van der Waals surface area contributed by atoms with Crippen LogP contribution < -0.4 is 4.90 Å². The molecule has 0 amide bonds. The number of hydrogen-bond donors (Lipinski definition) is 1. The Morgan fingerprint density at radius 3 is 2.21 bits per heavy atom. The van der Waals surface area contributed by atoms with Crippen LogP contribution >= 0.6 is 0 Å². The number of carbonyl (C=O) groups excluding carboxylic acids is 1. The van der Waals surface area contributed by atoms with Gasteiger partial charge in [0, 0.05) is 48.7 Å². The van der Waals surface area contributed by atoms with Gasteiger partial charge in [-0.2, -0.15) is 0 Å². The largest absolute Gasteiger partial charge is 0.509 e. The summed E-state index contributed by atoms with van der Waals surface area (Å²) in [5.41, 5.74) is 5.56. The molecule has 7 rings (SSSR count). The second-order valence-corrected chi connectivity index (χ2v) is 14.8. The summed E-state index contributed by atoms with van der Waals surface area (Å²) in [6, 6.07) is 26.8. The van der Waals surface area contributed by atoms with E-state index in [2.05, 4.69) is 109 Å². The molecule has 6 aromatic rings. The predicted octanol–water partition coefficient (Wildman–Crippen LogP) is 13.1. The van der Waals surface area contributed by atoms with Crippen molar-refractivity contribution in [1.29, 1.82) is 0 Å². The third-order valence-corrected chi connectivity index (χ3v) is 10.8. The Labute approximate surface area is 341 Å². The third-order valence-electron chi connectivity index (χ3n) is 10.8. The van der Waals surface area contributed by atoms with Gasteiger partial charge in [0.25, 0.3) is 0 Å². The van der Waals surface area contributed by atoms with Crippen molar-refractivity contribution in [3.05, 3.63) is 102 Å². The molecule has 1 N–H and O–H groups in total. The summed E-state index contributed by atoms with van der Waals surface area (Å²) in [4.78, 5) is 27.8. The molecule has 0 unspecified atom stereocenters. The second-order valence-electron chi connectivity index (χ2n) is 14.8. The Bertz CT molecular complexity index is 2400. The van der Waals surface area contributed by atoms with Gasteiger partial charge in [-0.05, 0) is 67.2 Å². The van der Waals surface area contributed by atoms with Crippen molar-refractivity contribution in [3.8, 4) is 11.3 Å². The number of aliphatic imine (C=N–C) groups is 1. The van der Waals surface area contributed by atoms with Crippen LogP contribution in [0, 0.1) is 6.07 Å². The molecule has 0 bridgehead atoms. The molecular formula is C46H49F2IrN4O3-. The summed E-state index contributed by atoms with van der Waals surface area (Å²) in [7, 11) is 0. The molecule has 0 saturated carbocycles. The molecule has 0 fully saturated rings. The number of ketones is 1. The van der Waals surface area contributed by atoms with E-state index in [4.69, 9.17) is 9.41 Å². The molecule has 1 aliphatic rings. The molecule has 1 aliphatic heterocycles. The number of furan rings is 1. The van der Waals surface area contributed by atoms with Crippen LogP contribution in [0.15, 0.2) is 94.3 Å². The van der Waals surface area contributed by atoms with E-state index in [1.807, 2.05) is 12.4 Å². The van der Waals surface area contributed by atoms with Crippen LogP contribution in [0.4, 0.5) is 25.8 Å². The smallest absolute Gasteiger partial charge is 0.196 e. The maximum Gasteiger partial charge on any atom is 0.196 e. The minimum Gasteiger partial charge on any atom is -0.509 e. The van der Waals surface area contributed by atoms with Gasteiger partial charge >= 0.3 is 0 Å². The molecule has 0 spiro atoms. The number of anilines is 2. The maximum atomic E-state index is 14.0. The number of fused-ring (bicyclic) bond motifs is 3. The minimum absolute atomic E-state index is 0. The van der Waals surface area contributed by atoms with E-state index in [1.54, 1.807) is 34.0 Å². The van der Waals surface area contributed by atoms with Crippen LogP contribution in [0.5, 0.6) is 0 Å². The summed E-state index contributed by atoms with van der Waals surface area (Å²) < 4.78 is 34.5. The van der Waals surface area contributed by atoms with Gasteiger partial charge in [-0.25, -0.2) is 18.8 Å². The Morgan fingerprint density at radius 1 is 0.893 bits per heavy atom. The van der Waals surface area contributed by atoms with Gasteiger partial charge in [0.15, 0.2) is 17.1 Å². The van der Waals surface area contributed by atoms with Gasteiger partial charge in [-0.1, -0.05) is 79.7 Å². The second kappa shape index (κ2) is 17.1. The summed E-state index contributed by atoms with van der Waals surface area (Å²) in [6.07, 6.45) is 4.35. The van der Waals surface area contributed by atoms with E-state index in [1.165, 1.54) is 16.5 Å². The minimum atomic E-state index is -2.00. The normalized spacial score (nSPS) is 13.1. The topological polar surface area (TPSA) is 91.8 Å². The van der Waals surface area contributed by atoms with Gasteiger partial charge in [-0.15, -0.1) is 34.9 Å². The SMILES string of the molecule is CC(C)c1[c-]c(-c2ncnc3c2oc2cc(N4C=Nc5cccc6cccc4c56)ccc23)cc(C(C)C)c1.CCC(F)(CC)C(=O)/C=C(\O)C(F)(CC)CC.[Ir]. The first-order valence-corrected chi connectivity index (χ1v) is 19.2. The monoisotopic (exact) mass is 936 g/mol. The van der Waals surface area contributed by atoms with E-state index in [0.29, 0.717) is 23.5 Å². The molecule has 4 aromatic carbocycles. The number of hydrogen-bond acceptors (Lipinski definition) is 7. The Hall–Kier alpha value is -4.79. The Morgan fingerprint density at radius 2 is 1.57 bits per heavy atom. The molecular weight excluding hydrogens is 887 g/mol. The maximum absolute atomic E-state index is 14.0. The number of nitrogens with zero attached hydrogens (tertiary/aromatic N) is 4. The third kappa shape index (κ3) is 8.05. The standard InChI is InChI=1S/C33H27N4O.C13H22F2O2.Ir/c1-19(2)22-13-23(20(3)4)15-24(14-22)31-33-32(35-17-34-31)26-12-11-25(16-29(26)38-33)37-18-36-27-9-5-7-21-8-6-10-28(37)30(21)27;1-5-12(14,6-2)10(16)9-11(17)13(15,7-3)8-4;/h5-14,16-20H,1-4H3;9,16H,5-8H2,1-4H3;/q-1;;/b;10-9-;. The van der Waals surface area contributed by atoms with Crippen LogP contribution in [-0.4, -0.2) is 38.5 Å². The number of aliphatic hydroxyl groups is 1. The number of allylic oxidation sites excluding steroid dienone is 2. The Balaban J connectivity index is 0.000000285. The van der Waals surface area contributed by atoms with Crippen molar-refractivity contribution in [2.45, 2.75) is 104 Å². The van der Waals surface area contributed by atoms with Crippen molar-refractivity contribution in [2.24, 2.45) is 4.99 Å². The van der Waals surface area contributed by atoms with Gasteiger partial charge < -0.3 is 14.4 Å². The van der Waals surface area contributed by atoms with Crippen molar-refractivity contribution in [1.82, 2.24) is 9.97 Å². The molecule has 2 aromatic heterocycles. The van der Waals surface area contributed by atoms with Crippen LogP contribution in [0.25, 0.3) is 44.1 Å². The summed E-state index contributed by atoms with van der Waals surface area (Å²) in [6.45, 7) is 15.1. The van der Waals surface area contributed by atoms with E-state index in [0.717, 1.165) is 50.2 Å². The molecule has 1 radical (unpaired) electrons. The zero-order valence-corrected chi connectivity index (χ0v) is 35.6. The number of rotatable bonds is 11. The van der Waals surface area contributed by atoms with E-state index < -0.39 is 22.9 Å². The zero-order valence-electron chi connectivity index (χ0n) is 33.2. The van der Waals surface area contributed by atoms with E-state index in [9.17, 15) is 18.7 Å². The molecule has 0 atom stereocenters. The van der Waals surface area contributed by atoms with Crippen LogP contribution in [0.3, 0.4) is 0 Å². The van der Waals surface area contributed by atoms with Crippen LogP contribution in [-0.2, 0) is 24.9 Å². The zero-order chi connectivity index (χ0) is 39.7. The average Bonchev–Trinajstić information content (AvgIpc) is 3.58. The fourth-order valence-electron chi connectivity index (χ4n) is 6.88. The van der Waals surface area contributed by atoms with Gasteiger partial charge in [-0.3, -0.25) is 9.78 Å². The number of halogens is 2. The summed E-state index contributed by atoms with van der Waals surface area (Å²) in [5.74, 6) is -0.763. The van der Waals surface area contributed by atoms with E-state index in [-0.39, 0.29) is 45.8 Å². The fraction of sp³-hybridized carbons (Fsp3) is 0.348. The predicted molar refractivity (Wildman–Crippen MR) is 221 cm³/mol. The quantitative estimate of drug-likeness (QED) is 0.0790. The number of carbonyl (C=O) groups is 1. The first-order valence-electron chi connectivity index (χ1n) is 19.2. The number of alkyl halides is 2. The average molecular weight is 936 g/mol. The van der Waals surface area contributed by atoms with Gasteiger partial charge in [0.1, 0.15) is 35.1 Å².